The zero-order valence-corrected chi connectivity index (χ0v) is 19.8. The summed E-state index contributed by atoms with van der Waals surface area (Å²) in [5, 5.41) is 11.1. The van der Waals surface area contributed by atoms with Crippen molar-refractivity contribution in [2.45, 2.75) is 6.04 Å². The highest BCUT2D eigenvalue weighted by Gasteiger charge is 2.34. The van der Waals surface area contributed by atoms with Gasteiger partial charge in [0.15, 0.2) is 5.75 Å². The minimum absolute atomic E-state index is 0.581. The van der Waals surface area contributed by atoms with Gasteiger partial charge in [0.1, 0.15) is 29.1 Å². The van der Waals surface area contributed by atoms with Gasteiger partial charge in [0.25, 0.3) is 0 Å². The fourth-order valence-electron chi connectivity index (χ4n) is 5.13. The van der Waals surface area contributed by atoms with Crippen LogP contribution in [-0.4, -0.2) is 65.0 Å². The molecule has 1 unspecified atom stereocenters. The molecule has 0 bridgehead atoms. The van der Waals surface area contributed by atoms with Crippen LogP contribution in [0.4, 0.5) is 5.69 Å². The Morgan fingerprint density at radius 2 is 1.75 bits per heavy atom. The summed E-state index contributed by atoms with van der Waals surface area (Å²) in [6.45, 7) is 2.45. The zero-order chi connectivity index (χ0) is 24.6. The maximum absolute atomic E-state index is 12.5. The molecule has 6 rings (SSSR count). The average molecular weight is 483 g/mol. The molecule has 0 saturated carbocycles. The Hall–Kier alpha value is -4.30. The summed E-state index contributed by atoms with van der Waals surface area (Å²) >= 11 is 0. The molecule has 1 aromatic heterocycles. The van der Waals surface area contributed by atoms with Gasteiger partial charge in [-0.15, -0.1) is 0 Å². The van der Waals surface area contributed by atoms with Crippen LogP contribution in [0.15, 0.2) is 77.9 Å². The molecule has 1 fully saturated rings. The number of carboxylic acid groups (broad SMARTS) is 1. The molecule has 3 aromatic carbocycles. The number of aromatic amines is 1. The van der Waals surface area contributed by atoms with Crippen LogP contribution in [0.1, 0.15) is 17.2 Å². The van der Waals surface area contributed by atoms with Crippen LogP contribution in [-0.2, 0) is 4.79 Å². The van der Waals surface area contributed by atoms with Crippen LogP contribution in [0.3, 0.4) is 0 Å². The summed E-state index contributed by atoms with van der Waals surface area (Å²) in [5.74, 6) is 2.16. The van der Waals surface area contributed by atoms with Gasteiger partial charge in [-0.1, -0.05) is 36.4 Å². The highest BCUT2D eigenvalue weighted by Crippen LogP contribution is 2.38. The number of nitrogens with one attached hydrogen (secondary N) is 1. The number of para-hydroxylation sites is 4. The van der Waals surface area contributed by atoms with Gasteiger partial charge in [-0.25, -0.2) is 4.99 Å². The molecule has 8 nitrogen and oxygen atoms in total. The number of benzene rings is 3. The maximum Gasteiger partial charge on any atom is 0.325 e. The molecule has 4 aromatic rings. The first-order chi connectivity index (χ1) is 17.6. The molecular weight excluding hydrogens is 456 g/mol. The molecule has 0 aliphatic carbocycles. The third kappa shape index (κ3) is 3.76. The lowest BCUT2D eigenvalue weighted by Gasteiger charge is -2.39. The van der Waals surface area contributed by atoms with Crippen molar-refractivity contribution in [3.05, 3.63) is 84.1 Å². The van der Waals surface area contributed by atoms with Crippen molar-refractivity contribution in [3.8, 4) is 17.2 Å². The fraction of sp³-hybridized carbons (Fsp3) is 0.214. The van der Waals surface area contributed by atoms with E-state index in [1.54, 1.807) is 13.3 Å². The summed E-state index contributed by atoms with van der Waals surface area (Å²) in [5.41, 5.74) is 3.26. The Labute approximate surface area is 208 Å². The number of rotatable bonds is 4. The second kappa shape index (κ2) is 9.05. The van der Waals surface area contributed by atoms with E-state index in [1.165, 1.54) is 0 Å². The maximum atomic E-state index is 12.5. The van der Waals surface area contributed by atoms with Gasteiger partial charge in [0, 0.05) is 43.3 Å². The molecule has 3 heterocycles. The van der Waals surface area contributed by atoms with Crippen LogP contribution >= 0.6 is 0 Å². The lowest BCUT2D eigenvalue weighted by atomic mass is 10.0. The predicted octanol–water partition coefficient (Wildman–Crippen LogP) is 4.80. The monoisotopic (exact) mass is 482 g/mol. The number of hydrogen-bond donors (Lipinski definition) is 2. The first-order valence-electron chi connectivity index (χ1n) is 11.9. The quantitative estimate of drug-likeness (QED) is 0.434. The van der Waals surface area contributed by atoms with Crippen LogP contribution in [0.5, 0.6) is 17.2 Å². The third-order valence-electron chi connectivity index (χ3n) is 6.88. The topological polar surface area (TPSA) is 90.4 Å². The number of carboxylic acids is 1. The van der Waals surface area contributed by atoms with Gasteiger partial charge in [-0.3, -0.25) is 9.69 Å². The number of ether oxygens (including phenoxy) is 2. The van der Waals surface area contributed by atoms with E-state index in [9.17, 15) is 9.90 Å². The number of fused-ring (bicyclic) bond motifs is 3. The van der Waals surface area contributed by atoms with Crippen molar-refractivity contribution in [1.82, 2.24) is 14.8 Å². The predicted molar refractivity (Wildman–Crippen MR) is 138 cm³/mol. The van der Waals surface area contributed by atoms with Crippen molar-refractivity contribution in [2.75, 3.05) is 33.3 Å². The molecule has 8 heteroatoms. The summed E-state index contributed by atoms with van der Waals surface area (Å²) < 4.78 is 11.6. The van der Waals surface area contributed by atoms with Crippen LogP contribution in [0, 0.1) is 0 Å². The normalized spacial score (nSPS) is 16.4. The Morgan fingerprint density at radius 1 is 1.00 bits per heavy atom. The molecule has 0 radical (unpaired) electrons. The highest BCUT2D eigenvalue weighted by molar-refractivity contribution is 6.03. The number of carbonyl (C=O) groups is 1. The van der Waals surface area contributed by atoms with Gasteiger partial charge in [0.05, 0.1) is 18.2 Å². The van der Waals surface area contributed by atoms with Crippen molar-refractivity contribution in [1.29, 1.82) is 0 Å². The summed E-state index contributed by atoms with van der Waals surface area (Å²) in [6.07, 6.45) is 1.79. The van der Waals surface area contributed by atoms with Crippen molar-refractivity contribution in [3.63, 3.8) is 0 Å². The van der Waals surface area contributed by atoms with E-state index in [-0.39, 0.29) is 0 Å². The van der Waals surface area contributed by atoms with Gasteiger partial charge in [0.2, 0.25) is 0 Å². The minimum atomic E-state index is -0.869. The molecule has 2 N–H and O–H groups in total. The van der Waals surface area contributed by atoms with Crippen molar-refractivity contribution < 1.29 is 19.4 Å². The minimum Gasteiger partial charge on any atom is -0.495 e. The Bertz CT molecular complexity index is 1470. The number of aliphatic imine (C=N–C) groups is 1. The van der Waals surface area contributed by atoms with Gasteiger partial charge < -0.3 is 24.5 Å². The lowest BCUT2D eigenvalue weighted by molar-refractivity contribution is -0.144. The molecule has 182 valence electrons. The Morgan fingerprint density at radius 3 is 2.53 bits per heavy atom. The van der Waals surface area contributed by atoms with Gasteiger partial charge in [-0.05, 0) is 30.3 Å². The fourth-order valence-corrected chi connectivity index (χ4v) is 5.13. The van der Waals surface area contributed by atoms with Crippen LogP contribution < -0.4 is 9.47 Å². The van der Waals surface area contributed by atoms with E-state index in [0.29, 0.717) is 31.9 Å². The average Bonchev–Trinajstić information content (AvgIpc) is 3.24. The number of nitrogens with zero attached hydrogens (tertiary/aromatic N) is 3. The summed E-state index contributed by atoms with van der Waals surface area (Å²) in [4.78, 5) is 24.9. The van der Waals surface area contributed by atoms with E-state index in [1.807, 2.05) is 71.6 Å². The number of methoxy groups -OCH3 is 1. The molecule has 0 amide bonds. The smallest absolute Gasteiger partial charge is 0.325 e. The standard InChI is InChI=1S/C28H26N4O4/c1-35-24-12-6-8-18-20(17-29-25(18)24)26(28(33)34)31-13-15-32(16-14-31)27-19-7-2-4-10-22(19)36-23-11-5-3-9-21(23)30-27/h2-12,17,26,29H,13-16H2,1H3,(H,33,34). The SMILES string of the molecule is COc1cccc2c(C(C(=O)O)N3CCN(C4=Nc5ccccc5Oc5ccccc54)CC3)c[nH]c12. The number of piperazine rings is 1. The molecular formula is C28H26N4O4. The summed E-state index contributed by atoms with van der Waals surface area (Å²) in [6, 6.07) is 20.6. The van der Waals surface area contributed by atoms with Crippen molar-refractivity contribution in [2.24, 2.45) is 4.99 Å². The third-order valence-corrected chi connectivity index (χ3v) is 6.88. The molecule has 1 atom stereocenters. The molecule has 2 aliphatic heterocycles. The Balaban J connectivity index is 1.29. The van der Waals surface area contributed by atoms with Gasteiger partial charge in [-0.2, -0.15) is 0 Å². The molecule has 0 spiro atoms. The van der Waals surface area contributed by atoms with E-state index in [0.717, 1.165) is 45.1 Å². The number of H-pyrrole nitrogens is 1. The first-order valence-corrected chi connectivity index (χ1v) is 11.9. The van der Waals surface area contributed by atoms with Gasteiger partial charge >= 0.3 is 5.97 Å². The Kier molecular flexibility index (Phi) is 5.58. The lowest BCUT2D eigenvalue weighted by Crippen LogP contribution is -2.51. The largest absolute Gasteiger partial charge is 0.495 e. The van der Waals surface area contributed by atoms with E-state index >= 15 is 0 Å². The highest BCUT2D eigenvalue weighted by atomic mass is 16.5. The number of amidine groups is 1. The van der Waals surface area contributed by atoms with Crippen LogP contribution in [0.2, 0.25) is 0 Å². The first kappa shape index (κ1) is 22.2. The van der Waals surface area contributed by atoms with Crippen molar-refractivity contribution >= 4 is 28.4 Å². The second-order valence-corrected chi connectivity index (χ2v) is 8.89. The number of aliphatic carboxylic acids is 1. The van der Waals surface area contributed by atoms with E-state index < -0.39 is 12.0 Å². The summed E-state index contributed by atoms with van der Waals surface area (Å²) in [7, 11) is 1.61. The number of aromatic nitrogens is 1. The molecule has 2 aliphatic rings. The molecule has 36 heavy (non-hydrogen) atoms. The van der Waals surface area contributed by atoms with E-state index in [4.69, 9.17) is 14.5 Å². The second-order valence-electron chi connectivity index (χ2n) is 8.89. The zero-order valence-electron chi connectivity index (χ0n) is 19.8. The number of hydrogen-bond acceptors (Lipinski definition) is 6. The van der Waals surface area contributed by atoms with Crippen LogP contribution in [0.25, 0.3) is 10.9 Å². The molecule has 1 saturated heterocycles. The van der Waals surface area contributed by atoms with E-state index in [2.05, 4.69) is 9.88 Å².